The van der Waals surface area contributed by atoms with Crippen molar-refractivity contribution in [1.82, 2.24) is 9.97 Å². The summed E-state index contributed by atoms with van der Waals surface area (Å²) in [6.45, 7) is 0.994. The third-order valence-corrected chi connectivity index (χ3v) is 2.59. The number of aromatic nitrogens is 2. The van der Waals surface area contributed by atoms with Crippen LogP contribution in [0.25, 0.3) is 0 Å². The molecule has 0 saturated carbocycles. The molecule has 0 aliphatic carbocycles. The maximum atomic E-state index is 4.01. The van der Waals surface area contributed by atoms with E-state index < -0.39 is 0 Å². The lowest BCUT2D eigenvalue weighted by Crippen LogP contribution is -2.20. The third kappa shape index (κ3) is 2.79. The Morgan fingerprint density at radius 2 is 1.50 bits per heavy atom. The highest BCUT2D eigenvalue weighted by molar-refractivity contribution is 5.43. The molecule has 2 aromatic rings. The Hall–Kier alpha value is -1.90. The van der Waals surface area contributed by atoms with E-state index in [1.54, 1.807) is 0 Å². The van der Waals surface area contributed by atoms with Gasteiger partial charge in [-0.1, -0.05) is 0 Å². The molecular formula is C13H15N3. The van der Waals surface area contributed by atoms with Crippen molar-refractivity contribution in [2.75, 3.05) is 18.5 Å². The molecule has 2 rings (SSSR count). The van der Waals surface area contributed by atoms with Gasteiger partial charge in [-0.25, -0.2) is 0 Å². The van der Waals surface area contributed by atoms with Crippen molar-refractivity contribution in [3.05, 3.63) is 54.6 Å². The smallest absolute Gasteiger partial charge is 0.0394 e. The van der Waals surface area contributed by atoms with Gasteiger partial charge in [-0.15, -0.1) is 0 Å². The van der Waals surface area contributed by atoms with E-state index in [4.69, 9.17) is 0 Å². The molecule has 0 atom stereocenters. The summed E-state index contributed by atoms with van der Waals surface area (Å²) in [6, 6.07) is 8.15. The maximum Gasteiger partial charge on any atom is 0.0394 e. The first-order valence-electron chi connectivity index (χ1n) is 5.36. The lowest BCUT2D eigenvalue weighted by Gasteiger charge is -2.18. The topological polar surface area (TPSA) is 29.0 Å². The largest absolute Gasteiger partial charge is 0.374 e. The number of pyridine rings is 2. The minimum absolute atomic E-state index is 0.994. The fourth-order valence-electron chi connectivity index (χ4n) is 1.57. The van der Waals surface area contributed by atoms with Gasteiger partial charge in [0, 0.05) is 44.1 Å². The van der Waals surface area contributed by atoms with Crippen LogP contribution in [0.2, 0.25) is 0 Å². The van der Waals surface area contributed by atoms with Crippen molar-refractivity contribution in [2.45, 2.75) is 6.42 Å². The van der Waals surface area contributed by atoms with Gasteiger partial charge in [0.15, 0.2) is 0 Å². The molecule has 0 aliphatic heterocycles. The maximum absolute atomic E-state index is 4.01. The summed E-state index contributed by atoms with van der Waals surface area (Å²) in [5.41, 5.74) is 2.51. The zero-order valence-corrected chi connectivity index (χ0v) is 9.37. The molecule has 16 heavy (non-hydrogen) atoms. The SMILES string of the molecule is CN(CCc1ccncc1)c1ccncc1. The van der Waals surface area contributed by atoms with Crippen LogP contribution < -0.4 is 4.90 Å². The number of rotatable bonds is 4. The minimum atomic E-state index is 0.994. The van der Waals surface area contributed by atoms with Crippen molar-refractivity contribution in [3.8, 4) is 0 Å². The van der Waals surface area contributed by atoms with Crippen LogP contribution in [0.3, 0.4) is 0 Å². The van der Waals surface area contributed by atoms with Gasteiger partial charge in [-0.05, 0) is 36.2 Å². The Morgan fingerprint density at radius 3 is 2.12 bits per heavy atom. The monoisotopic (exact) mass is 213 g/mol. The summed E-state index contributed by atoms with van der Waals surface area (Å²) < 4.78 is 0. The number of hydrogen-bond donors (Lipinski definition) is 0. The van der Waals surface area contributed by atoms with E-state index in [1.807, 2.05) is 36.9 Å². The van der Waals surface area contributed by atoms with Gasteiger partial charge in [0.2, 0.25) is 0 Å². The summed E-state index contributed by atoms with van der Waals surface area (Å²) in [6.07, 6.45) is 8.33. The molecule has 0 fully saturated rings. The normalized spacial score (nSPS) is 10.1. The molecule has 0 aliphatic rings. The van der Waals surface area contributed by atoms with E-state index in [2.05, 4.69) is 34.0 Å². The lowest BCUT2D eigenvalue weighted by atomic mass is 10.2. The quantitative estimate of drug-likeness (QED) is 0.779. The molecule has 2 heterocycles. The highest BCUT2D eigenvalue weighted by Crippen LogP contribution is 2.10. The van der Waals surface area contributed by atoms with Gasteiger partial charge in [-0.2, -0.15) is 0 Å². The Balaban J connectivity index is 1.92. The average molecular weight is 213 g/mol. The molecule has 0 radical (unpaired) electrons. The molecule has 2 aromatic heterocycles. The molecule has 0 saturated heterocycles. The Bertz CT molecular complexity index is 414. The van der Waals surface area contributed by atoms with Gasteiger partial charge in [-0.3, -0.25) is 9.97 Å². The predicted molar refractivity (Wildman–Crippen MR) is 65.4 cm³/mol. The van der Waals surface area contributed by atoms with Crippen LogP contribution in [0.1, 0.15) is 5.56 Å². The van der Waals surface area contributed by atoms with E-state index in [1.165, 1.54) is 11.3 Å². The average Bonchev–Trinajstić information content (AvgIpc) is 2.38. The van der Waals surface area contributed by atoms with E-state index in [9.17, 15) is 0 Å². The van der Waals surface area contributed by atoms with E-state index >= 15 is 0 Å². The zero-order chi connectivity index (χ0) is 11.2. The highest BCUT2D eigenvalue weighted by Gasteiger charge is 2.00. The number of anilines is 1. The van der Waals surface area contributed by atoms with Crippen molar-refractivity contribution in [1.29, 1.82) is 0 Å². The van der Waals surface area contributed by atoms with Crippen LogP contribution in [0.15, 0.2) is 49.1 Å². The standard InChI is InChI=1S/C13H15N3/c1-16(13-4-9-15-10-5-13)11-6-12-2-7-14-8-3-12/h2-5,7-10H,6,11H2,1H3. The summed E-state index contributed by atoms with van der Waals surface area (Å²) in [4.78, 5) is 10.2. The predicted octanol–water partition coefficient (Wildman–Crippen LogP) is 2.16. The van der Waals surface area contributed by atoms with Gasteiger partial charge in [0.1, 0.15) is 0 Å². The number of likely N-dealkylation sites (N-methyl/N-ethyl adjacent to an activating group) is 1. The molecule has 3 nitrogen and oxygen atoms in total. The molecule has 3 heteroatoms. The molecule has 82 valence electrons. The Morgan fingerprint density at radius 1 is 0.938 bits per heavy atom. The van der Waals surface area contributed by atoms with E-state index in [0.29, 0.717) is 0 Å². The van der Waals surface area contributed by atoms with Crippen LogP contribution in [0, 0.1) is 0 Å². The fourth-order valence-corrected chi connectivity index (χ4v) is 1.57. The molecule has 0 N–H and O–H groups in total. The van der Waals surface area contributed by atoms with Crippen molar-refractivity contribution >= 4 is 5.69 Å². The summed E-state index contributed by atoms with van der Waals surface area (Å²) in [5.74, 6) is 0. The second-order valence-electron chi connectivity index (χ2n) is 3.73. The first-order valence-corrected chi connectivity index (χ1v) is 5.36. The van der Waals surface area contributed by atoms with E-state index in [-0.39, 0.29) is 0 Å². The number of nitrogens with zero attached hydrogens (tertiary/aromatic N) is 3. The van der Waals surface area contributed by atoms with Gasteiger partial charge in [0.25, 0.3) is 0 Å². The Kier molecular flexibility index (Phi) is 3.49. The second kappa shape index (κ2) is 5.26. The number of hydrogen-bond acceptors (Lipinski definition) is 3. The zero-order valence-electron chi connectivity index (χ0n) is 9.37. The molecule has 0 amide bonds. The van der Waals surface area contributed by atoms with Crippen LogP contribution in [0.4, 0.5) is 5.69 Å². The van der Waals surface area contributed by atoms with E-state index in [0.717, 1.165) is 13.0 Å². The second-order valence-corrected chi connectivity index (χ2v) is 3.73. The van der Waals surface area contributed by atoms with Crippen LogP contribution in [-0.2, 0) is 6.42 Å². The molecule has 0 unspecified atom stereocenters. The first-order chi connectivity index (χ1) is 7.86. The van der Waals surface area contributed by atoms with Crippen molar-refractivity contribution in [2.24, 2.45) is 0 Å². The van der Waals surface area contributed by atoms with Crippen molar-refractivity contribution in [3.63, 3.8) is 0 Å². The molecule has 0 spiro atoms. The molecule has 0 bridgehead atoms. The lowest BCUT2D eigenvalue weighted by molar-refractivity contribution is 0.873. The summed E-state index contributed by atoms with van der Waals surface area (Å²) >= 11 is 0. The van der Waals surface area contributed by atoms with Gasteiger partial charge in [0.05, 0.1) is 0 Å². The fraction of sp³-hybridized carbons (Fsp3) is 0.231. The summed E-state index contributed by atoms with van der Waals surface area (Å²) in [7, 11) is 2.09. The first kappa shape index (κ1) is 10.6. The third-order valence-electron chi connectivity index (χ3n) is 2.59. The minimum Gasteiger partial charge on any atom is -0.374 e. The van der Waals surface area contributed by atoms with Gasteiger partial charge < -0.3 is 4.90 Å². The van der Waals surface area contributed by atoms with Gasteiger partial charge >= 0.3 is 0 Å². The Labute approximate surface area is 95.8 Å². The summed E-state index contributed by atoms with van der Waals surface area (Å²) in [5, 5.41) is 0. The molecular weight excluding hydrogens is 198 g/mol. The van der Waals surface area contributed by atoms with Crippen molar-refractivity contribution < 1.29 is 0 Å². The van der Waals surface area contributed by atoms with Crippen LogP contribution in [0.5, 0.6) is 0 Å². The van der Waals surface area contributed by atoms with Crippen LogP contribution in [-0.4, -0.2) is 23.6 Å². The van der Waals surface area contributed by atoms with Crippen LogP contribution >= 0.6 is 0 Å². The molecule has 0 aromatic carbocycles. The highest BCUT2D eigenvalue weighted by atomic mass is 15.1.